The van der Waals surface area contributed by atoms with Crippen molar-refractivity contribution >= 4 is 0 Å². The molecule has 0 aromatic heterocycles. The van der Waals surface area contributed by atoms with E-state index in [-0.39, 0.29) is 12.7 Å². The van der Waals surface area contributed by atoms with Crippen molar-refractivity contribution in [1.82, 2.24) is 0 Å². The third kappa shape index (κ3) is 29.7. The molecule has 0 rings (SSSR count). The van der Waals surface area contributed by atoms with E-state index in [0.29, 0.717) is 19.8 Å². The molecule has 0 aromatic carbocycles. The summed E-state index contributed by atoms with van der Waals surface area (Å²) in [5, 5.41) is 9.73. The summed E-state index contributed by atoms with van der Waals surface area (Å²) < 4.78 is 11.7. The number of aliphatic hydroxyl groups excluding tert-OH is 1. The summed E-state index contributed by atoms with van der Waals surface area (Å²) in [6, 6.07) is 0. The maximum atomic E-state index is 9.73. The molecule has 0 aliphatic heterocycles. The van der Waals surface area contributed by atoms with Crippen LogP contribution in [0.5, 0.6) is 0 Å². The Kier molecular flexibility index (Phi) is 28.4. The monoisotopic (exact) mass is 641 g/mol. The number of hydrogen-bond donors (Lipinski definition) is 1. The van der Waals surface area contributed by atoms with Crippen LogP contribution in [0.3, 0.4) is 0 Å². The summed E-state index contributed by atoms with van der Waals surface area (Å²) in [6.07, 6.45) is 30.2. The molecule has 0 amide bonds. The van der Waals surface area contributed by atoms with Crippen LogP contribution in [0.1, 0.15) is 159 Å². The molecule has 3 heteroatoms. The van der Waals surface area contributed by atoms with Crippen molar-refractivity contribution in [2.45, 2.75) is 165 Å². The third-order valence-electron chi connectivity index (χ3n) is 8.65. The first-order valence-electron chi connectivity index (χ1n) is 18.7. The van der Waals surface area contributed by atoms with E-state index < -0.39 is 0 Å². The van der Waals surface area contributed by atoms with E-state index in [4.69, 9.17) is 9.47 Å². The summed E-state index contributed by atoms with van der Waals surface area (Å²) in [4.78, 5) is 0. The molecule has 0 aromatic rings. The van der Waals surface area contributed by atoms with Gasteiger partial charge in [-0.15, -0.1) is 0 Å². The first kappa shape index (κ1) is 44.3. The van der Waals surface area contributed by atoms with Crippen LogP contribution in [0.25, 0.3) is 0 Å². The lowest BCUT2D eigenvalue weighted by molar-refractivity contribution is -0.0272. The van der Waals surface area contributed by atoms with Crippen molar-refractivity contribution in [2.75, 3.05) is 26.4 Å². The van der Waals surface area contributed by atoms with Gasteiger partial charge in [-0.1, -0.05) is 110 Å². The van der Waals surface area contributed by atoms with Gasteiger partial charge in [-0.2, -0.15) is 0 Å². The molecule has 0 spiro atoms. The van der Waals surface area contributed by atoms with Gasteiger partial charge in [0, 0.05) is 0 Å². The lowest BCUT2D eigenvalue weighted by atomic mass is 10.0. The molecule has 46 heavy (non-hydrogen) atoms. The van der Waals surface area contributed by atoms with Crippen molar-refractivity contribution < 1.29 is 14.6 Å². The number of ether oxygens (including phenoxy) is 2. The number of allylic oxidation sites excluding steroid dienone is 10. The lowest BCUT2D eigenvalue weighted by Gasteiger charge is -2.14. The van der Waals surface area contributed by atoms with Crippen LogP contribution in [0.2, 0.25) is 0 Å². The van der Waals surface area contributed by atoms with E-state index >= 15 is 0 Å². The Bertz CT molecular complexity index is 941. The van der Waals surface area contributed by atoms with Gasteiger partial charge in [0.1, 0.15) is 6.10 Å². The van der Waals surface area contributed by atoms with Gasteiger partial charge in [-0.25, -0.2) is 0 Å². The van der Waals surface area contributed by atoms with Crippen LogP contribution < -0.4 is 0 Å². The molecule has 0 saturated carbocycles. The molecule has 0 aliphatic rings. The average Bonchev–Trinajstić information content (AvgIpc) is 2.98. The first-order valence-corrected chi connectivity index (χ1v) is 18.7. The molecule has 3 nitrogen and oxygen atoms in total. The normalized spacial score (nSPS) is 15.1. The molecule has 1 unspecified atom stereocenters. The molecule has 266 valence electrons. The SMILES string of the molecule is CC(=CCCC(C)=CCOCC(CO)OCC=C(C)CCC=C(C)CCC=C(C)CCCC(C)C)CCC=C(C)CCCC(C)C. The van der Waals surface area contributed by atoms with E-state index in [1.807, 2.05) is 0 Å². The second kappa shape index (κ2) is 29.5. The van der Waals surface area contributed by atoms with Crippen LogP contribution in [0.4, 0.5) is 0 Å². The van der Waals surface area contributed by atoms with Gasteiger partial charge >= 0.3 is 0 Å². The summed E-state index contributed by atoms with van der Waals surface area (Å²) in [5.74, 6) is 1.61. The van der Waals surface area contributed by atoms with Crippen molar-refractivity contribution in [3.05, 3.63) is 69.9 Å². The van der Waals surface area contributed by atoms with Crippen LogP contribution >= 0.6 is 0 Å². The summed E-state index contributed by atoms with van der Waals surface area (Å²) >= 11 is 0. The molecule has 1 atom stereocenters. The van der Waals surface area contributed by atoms with Gasteiger partial charge in [0.25, 0.3) is 0 Å². The zero-order chi connectivity index (χ0) is 34.6. The fraction of sp³-hybridized carbons (Fsp3) is 0.721. The Balaban J connectivity index is 4.17. The third-order valence-corrected chi connectivity index (χ3v) is 8.65. The largest absolute Gasteiger partial charge is 0.394 e. The highest BCUT2D eigenvalue weighted by molar-refractivity contribution is 5.07. The zero-order valence-corrected chi connectivity index (χ0v) is 32.2. The molecule has 0 bridgehead atoms. The van der Waals surface area contributed by atoms with Crippen LogP contribution in [-0.4, -0.2) is 37.6 Å². The second-order valence-corrected chi connectivity index (χ2v) is 14.7. The molecule has 0 aliphatic carbocycles. The molecule has 1 N–H and O–H groups in total. The van der Waals surface area contributed by atoms with Gasteiger partial charge in [-0.3, -0.25) is 0 Å². The summed E-state index contributed by atoms with van der Waals surface area (Å²) in [5.41, 5.74) is 8.71. The van der Waals surface area contributed by atoms with E-state index in [1.165, 1.54) is 66.4 Å². The predicted molar refractivity (Wildman–Crippen MR) is 205 cm³/mol. The molecular formula is C43H76O3. The second-order valence-electron chi connectivity index (χ2n) is 14.7. The molecular weight excluding hydrogens is 564 g/mol. The smallest absolute Gasteiger partial charge is 0.104 e. The van der Waals surface area contributed by atoms with Gasteiger partial charge in [0.05, 0.1) is 26.4 Å². The van der Waals surface area contributed by atoms with Crippen molar-refractivity contribution in [1.29, 1.82) is 0 Å². The number of aliphatic hydroxyl groups is 1. The minimum atomic E-state index is -0.291. The number of rotatable bonds is 28. The molecule has 0 heterocycles. The molecule has 0 fully saturated rings. The van der Waals surface area contributed by atoms with E-state index in [1.54, 1.807) is 5.57 Å². The minimum absolute atomic E-state index is 0.0279. The first-order chi connectivity index (χ1) is 21.9. The fourth-order valence-electron chi connectivity index (χ4n) is 5.26. The highest BCUT2D eigenvalue weighted by atomic mass is 16.5. The van der Waals surface area contributed by atoms with E-state index in [2.05, 4.69) is 106 Å². The molecule has 0 saturated heterocycles. The maximum absolute atomic E-state index is 9.73. The number of hydrogen-bond acceptors (Lipinski definition) is 3. The van der Waals surface area contributed by atoms with E-state index in [0.717, 1.165) is 63.2 Å². The highest BCUT2D eigenvalue weighted by Crippen LogP contribution is 2.17. The lowest BCUT2D eigenvalue weighted by Crippen LogP contribution is -2.24. The van der Waals surface area contributed by atoms with Crippen LogP contribution in [0.15, 0.2) is 69.9 Å². The molecule has 0 radical (unpaired) electrons. The summed E-state index contributed by atoms with van der Waals surface area (Å²) in [7, 11) is 0. The Morgan fingerprint density at radius 3 is 1.22 bits per heavy atom. The van der Waals surface area contributed by atoms with Crippen molar-refractivity contribution in [3.63, 3.8) is 0 Å². The maximum Gasteiger partial charge on any atom is 0.104 e. The van der Waals surface area contributed by atoms with Gasteiger partial charge in [0.2, 0.25) is 0 Å². The summed E-state index contributed by atoms with van der Waals surface area (Å²) in [6.45, 7) is 24.1. The highest BCUT2D eigenvalue weighted by Gasteiger charge is 2.07. The quantitative estimate of drug-likeness (QED) is 0.0683. The standard InChI is InChI=1S/C43H76O3/c1-35(2)17-11-19-37(5)21-13-23-39(7)25-15-27-41(9)29-31-45-34-43(33-44)46-32-30-42(10)28-16-26-40(8)24-14-22-38(6)20-12-18-36(3)4/h21-22,25-26,29-30,35-36,43-44H,11-20,23-24,27-28,31-34H2,1-10H3. The predicted octanol–water partition coefficient (Wildman–Crippen LogP) is 12.8. The van der Waals surface area contributed by atoms with E-state index in [9.17, 15) is 5.11 Å². The Hall–Kier alpha value is -1.68. The fourth-order valence-corrected chi connectivity index (χ4v) is 5.26. The van der Waals surface area contributed by atoms with Gasteiger partial charge in [0.15, 0.2) is 0 Å². The van der Waals surface area contributed by atoms with Crippen molar-refractivity contribution in [2.24, 2.45) is 11.8 Å². The Morgan fingerprint density at radius 1 is 0.500 bits per heavy atom. The topological polar surface area (TPSA) is 38.7 Å². The zero-order valence-electron chi connectivity index (χ0n) is 32.2. The average molecular weight is 641 g/mol. The Labute approximate surface area is 287 Å². The Morgan fingerprint density at radius 2 is 0.848 bits per heavy atom. The van der Waals surface area contributed by atoms with Gasteiger partial charge in [-0.05, 0) is 130 Å². The minimum Gasteiger partial charge on any atom is -0.394 e. The van der Waals surface area contributed by atoms with Crippen molar-refractivity contribution in [3.8, 4) is 0 Å². The van der Waals surface area contributed by atoms with Crippen LogP contribution in [0, 0.1) is 11.8 Å². The van der Waals surface area contributed by atoms with Crippen LogP contribution in [-0.2, 0) is 9.47 Å². The van der Waals surface area contributed by atoms with Gasteiger partial charge < -0.3 is 14.6 Å².